The summed E-state index contributed by atoms with van der Waals surface area (Å²) in [5.41, 5.74) is 2.04. The summed E-state index contributed by atoms with van der Waals surface area (Å²) in [5, 5.41) is 9.91. The van der Waals surface area contributed by atoms with Crippen LogP contribution < -0.4 is 0 Å². The van der Waals surface area contributed by atoms with E-state index in [4.69, 9.17) is 0 Å². The van der Waals surface area contributed by atoms with E-state index in [1.54, 1.807) is 24.3 Å². The number of halogens is 2. The molecule has 0 fully saturated rings. The molecule has 1 heterocycles. The Morgan fingerprint density at radius 2 is 1.65 bits per heavy atom. The molecule has 0 atom stereocenters. The van der Waals surface area contributed by atoms with Crippen molar-refractivity contribution in [2.24, 2.45) is 0 Å². The van der Waals surface area contributed by atoms with Crippen LogP contribution >= 0.6 is 27.7 Å². The highest BCUT2D eigenvalue weighted by atomic mass is 79.9. The molecule has 1 aromatic heterocycles. The summed E-state index contributed by atoms with van der Waals surface area (Å²) in [4.78, 5) is 5.56. The van der Waals surface area contributed by atoms with Crippen molar-refractivity contribution in [2.75, 3.05) is 0 Å². The maximum atomic E-state index is 13.0. The SMILES string of the molecule is N#Cc1ccc(-c2ccc(F)cc2)nc1Sc1ccc(Br)cc1. The standard InChI is InChI=1S/C18H10BrFN2S/c19-14-4-8-16(9-5-14)23-18-13(11-21)3-10-17(22-18)12-1-6-15(20)7-2-12/h1-10H. The number of aromatic nitrogens is 1. The van der Waals surface area contributed by atoms with Crippen LogP contribution in [0.15, 0.2) is 75.1 Å². The number of nitrogens with zero attached hydrogens (tertiary/aromatic N) is 2. The van der Waals surface area contributed by atoms with Crippen LogP contribution in [0.5, 0.6) is 0 Å². The quantitative estimate of drug-likeness (QED) is 0.583. The third kappa shape index (κ3) is 3.79. The molecule has 0 N–H and O–H groups in total. The van der Waals surface area contributed by atoms with E-state index in [9.17, 15) is 9.65 Å². The third-order valence-corrected chi connectivity index (χ3v) is 4.69. The lowest BCUT2D eigenvalue weighted by molar-refractivity contribution is 0.628. The number of nitriles is 1. The van der Waals surface area contributed by atoms with Gasteiger partial charge in [0.25, 0.3) is 0 Å². The lowest BCUT2D eigenvalue weighted by Crippen LogP contribution is -1.91. The van der Waals surface area contributed by atoms with Crippen LogP contribution in [0.3, 0.4) is 0 Å². The van der Waals surface area contributed by atoms with Crippen molar-refractivity contribution in [3.8, 4) is 17.3 Å². The van der Waals surface area contributed by atoms with Gasteiger partial charge in [-0.15, -0.1) is 0 Å². The second kappa shape index (κ2) is 6.95. The zero-order valence-corrected chi connectivity index (χ0v) is 14.2. The lowest BCUT2D eigenvalue weighted by Gasteiger charge is -2.07. The van der Waals surface area contributed by atoms with Crippen molar-refractivity contribution in [1.82, 2.24) is 4.98 Å². The van der Waals surface area contributed by atoms with E-state index in [-0.39, 0.29) is 5.82 Å². The number of pyridine rings is 1. The molecule has 2 nitrogen and oxygen atoms in total. The molecule has 0 radical (unpaired) electrons. The van der Waals surface area contributed by atoms with Gasteiger partial charge >= 0.3 is 0 Å². The largest absolute Gasteiger partial charge is 0.240 e. The molecule has 112 valence electrons. The number of rotatable bonds is 3. The number of hydrogen-bond donors (Lipinski definition) is 0. The fraction of sp³-hybridized carbons (Fsp3) is 0. The molecule has 0 aliphatic carbocycles. The van der Waals surface area contributed by atoms with Crippen LogP contribution in [-0.4, -0.2) is 4.98 Å². The van der Waals surface area contributed by atoms with Crippen LogP contribution in [0.1, 0.15) is 5.56 Å². The highest BCUT2D eigenvalue weighted by Crippen LogP contribution is 2.31. The molecule has 0 aliphatic rings. The maximum Gasteiger partial charge on any atom is 0.123 e. The van der Waals surface area contributed by atoms with Crippen molar-refractivity contribution in [3.05, 3.63) is 76.5 Å². The third-order valence-electron chi connectivity index (χ3n) is 3.15. The molecule has 0 spiro atoms. The Bertz CT molecular complexity index is 871. The fourth-order valence-electron chi connectivity index (χ4n) is 2.00. The molecular weight excluding hydrogens is 375 g/mol. The van der Waals surface area contributed by atoms with Gasteiger partial charge in [0, 0.05) is 14.9 Å². The van der Waals surface area contributed by atoms with Gasteiger partial charge < -0.3 is 0 Å². The fourth-order valence-corrected chi connectivity index (χ4v) is 3.13. The van der Waals surface area contributed by atoms with Gasteiger partial charge in [-0.05, 0) is 60.7 Å². The van der Waals surface area contributed by atoms with E-state index in [1.807, 2.05) is 24.3 Å². The summed E-state index contributed by atoms with van der Waals surface area (Å²) < 4.78 is 14.0. The highest BCUT2D eigenvalue weighted by Gasteiger charge is 2.09. The van der Waals surface area contributed by atoms with Crippen LogP contribution in [0.2, 0.25) is 0 Å². The van der Waals surface area contributed by atoms with Crippen molar-refractivity contribution in [3.63, 3.8) is 0 Å². The van der Waals surface area contributed by atoms with Crippen molar-refractivity contribution < 1.29 is 4.39 Å². The van der Waals surface area contributed by atoms with Crippen molar-refractivity contribution in [1.29, 1.82) is 5.26 Å². The first-order valence-electron chi connectivity index (χ1n) is 6.76. The first-order valence-corrected chi connectivity index (χ1v) is 8.37. The van der Waals surface area contributed by atoms with Crippen molar-refractivity contribution in [2.45, 2.75) is 9.92 Å². The average Bonchev–Trinajstić information content (AvgIpc) is 2.57. The second-order valence-corrected chi connectivity index (χ2v) is 6.70. The summed E-state index contributed by atoms with van der Waals surface area (Å²) in [6, 6.07) is 19.6. The Labute approximate surface area is 146 Å². The Morgan fingerprint density at radius 1 is 0.957 bits per heavy atom. The van der Waals surface area contributed by atoms with E-state index in [1.165, 1.54) is 23.9 Å². The van der Waals surface area contributed by atoms with E-state index in [2.05, 4.69) is 27.0 Å². The maximum absolute atomic E-state index is 13.0. The molecule has 0 amide bonds. The Kier molecular flexibility index (Phi) is 4.75. The molecule has 3 aromatic rings. The van der Waals surface area contributed by atoms with Gasteiger partial charge in [-0.1, -0.05) is 27.7 Å². The van der Waals surface area contributed by atoms with E-state index in [0.29, 0.717) is 16.3 Å². The Morgan fingerprint density at radius 3 is 2.30 bits per heavy atom. The molecule has 0 unspecified atom stereocenters. The van der Waals surface area contributed by atoms with Crippen LogP contribution in [-0.2, 0) is 0 Å². The molecule has 0 bridgehead atoms. The van der Waals surface area contributed by atoms with Gasteiger partial charge in [0.05, 0.1) is 11.3 Å². The minimum Gasteiger partial charge on any atom is -0.240 e. The summed E-state index contributed by atoms with van der Waals surface area (Å²) in [5.74, 6) is -0.285. The normalized spacial score (nSPS) is 10.3. The summed E-state index contributed by atoms with van der Waals surface area (Å²) in [7, 11) is 0. The van der Waals surface area contributed by atoms with Gasteiger partial charge in [-0.2, -0.15) is 5.26 Å². The van der Waals surface area contributed by atoms with E-state index >= 15 is 0 Å². The van der Waals surface area contributed by atoms with Gasteiger partial charge in [-0.3, -0.25) is 0 Å². The second-order valence-electron chi connectivity index (χ2n) is 4.72. The number of hydrogen-bond acceptors (Lipinski definition) is 3. The van der Waals surface area contributed by atoms with Crippen LogP contribution in [0.25, 0.3) is 11.3 Å². The van der Waals surface area contributed by atoms with Gasteiger partial charge in [-0.25, -0.2) is 9.37 Å². The first kappa shape index (κ1) is 15.7. The highest BCUT2D eigenvalue weighted by molar-refractivity contribution is 9.10. The predicted molar refractivity (Wildman–Crippen MR) is 92.6 cm³/mol. The monoisotopic (exact) mass is 384 g/mol. The van der Waals surface area contributed by atoms with Crippen LogP contribution in [0, 0.1) is 17.1 Å². The van der Waals surface area contributed by atoms with Gasteiger partial charge in [0.1, 0.15) is 16.9 Å². The minimum absolute atomic E-state index is 0.285. The summed E-state index contributed by atoms with van der Waals surface area (Å²) in [6.07, 6.45) is 0. The lowest BCUT2D eigenvalue weighted by atomic mass is 10.1. The zero-order valence-electron chi connectivity index (χ0n) is 11.8. The van der Waals surface area contributed by atoms with Gasteiger partial charge in [0.15, 0.2) is 0 Å². The smallest absolute Gasteiger partial charge is 0.123 e. The number of benzene rings is 2. The van der Waals surface area contributed by atoms with E-state index in [0.717, 1.165) is 14.9 Å². The zero-order chi connectivity index (χ0) is 16.2. The van der Waals surface area contributed by atoms with E-state index < -0.39 is 0 Å². The van der Waals surface area contributed by atoms with Gasteiger partial charge in [0.2, 0.25) is 0 Å². The molecule has 23 heavy (non-hydrogen) atoms. The molecular formula is C18H10BrFN2S. The molecule has 5 heteroatoms. The topological polar surface area (TPSA) is 36.7 Å². The average molecular weight is 385 g/mol. The molecule has 0 saturated carbocycles. The minimum atomic E-state index is -0.285. The molecule has 0 aliphatic heterocycles. The first-order chi connectivity index (χ1) is 11.2. The summed E-state index contributed by atoms with van der Waals surface area (Å²) in [6.45, 7) is 0. The summed E-state index contributed by atoms with van der Waals surface area (Å²) >= 11 is 4.83. The Balaban J connectivity index is 1.98. The van der Waals surface area contributed by atoms with Crippen LogP contribution in [0.4, 0.5) is 4.39 Å². The molecule has 2 aromatic carbocycles. The predicted octanol–water partition coefficient (Wildman–Crippen LogP) is 5.67. The Hall–Kier alpha value is -2.16. The molecule has 3 rings (SSSR count). The molecule has 0 saturated heterocycles. The van der Waals surface area contributed by atoms with Crippen molar-refractivity contribution >= 4 is 27.7 Å².